The number of hydrogen-bond donors (Lipinski definition) is 0. The van der Waals surface area contributed by atoms with Gasteiger partial charge in [-0.1, -0.05) is 0 Å². The molecule has 54 valence electrons. The third-order valence-electron chi connectivity index (χ3n) is 1.38. The SMILES string of the molecule is CC(=O)C1CCCO1.Cl. The lowest BCUT2D eigenvalue weighted by Gasteiger charge is -2.00. The average molecular weight is 151 g/mol. The van der Waals surface area contributed by atoms with Crippen LogP contribution < -0.4 is 0 Å². The molecule has 2 nitrogen and oxygen atoms in total. The van der Waals surface area contributed by atoms with Crippen LogP contribution in [0.4, 0.5) is 0 Å². The Morgan fingerprint density at radius 3 is 2.56 bits per heavy atom. The number of carbonyl (C=O) groups is 1. The second-order valence-electron chi connectivity index (χ2n) is 2.11. The fraction of sp³-hybridized carbons (Fsp3) is 0.833. The van der Waals surface area contributed by atoms with Crippen LogP contribution in [0.1, 0.15) is 19.8 Å². The highest BCUT2D eigenvalue weighted by Crippen LogP contribution is 2.11. The minimum atomic E-state index is -0.0741. The quantitative estimate of drug-likeness (QED) is 0.561. The van der Waals surface area contributed by atoms with Crippen molar-refractivity contribution >= 4 is 18.2 Å². The number of rotatable bonds is 1. The monoisotopic (exact) mass is 150 g/mol. The first-order valence-electron chi connectivity index (χ1n) is 2.93. The lowest BCUT2D eigenvalue weighted by Crippen LogP contribution is -2.14. The minimum Gasteiger partial charge on any atom is -0.370 e. The van der Waals surface area contributed by atoms with E-state index in [1.165, 1.54) is 0 Å². The van der Waals surface area contributed by atoms with Crippen LogP contribution in [0.3, 0.4) is 0 Å². The summed E-state index contributed by atoms with van der Waals surface area (Å²) in [6.07, 6.45) is 1.90. The van der Waals surface area contributed by atoms with E-state index in [2.05, 4.69) is 0 Å². The molecular formula is C6H11ClO2. The number of Topliss-reactive ketones (excluding diaryl/α,β-unsaturated/α-hetero) is 1. The van der Waals surface area contributed by atoms with Crippen molar-refractivity contribution in [2.24, 2.45) is 0 Å². The number of ether oxygens (including phenoxy) is 1. The van der Waals surface area contributed by atoms with Gasteiger partial charge in [0, 0.05) is 6.61 Å². The van der Waals surface area contributed by atoms with Crippen molar-refractivity contribution < 1.29 is 9.53 Å². The van der Waals surface area contributed by atoms with Gasteiger partial charge in [0.1, 0.15) is 6.10 Å². The molecule has 9 heavy (non-hydrogen) atoms. The fourth-order valence-electron chi connectivity index (χ4n) is 0.898. The second-order valence-corrected chi connectivity index (χ2v) is 2.11. The summed E-state index contributed by atoms with van der Waals surface area (Å²) in [6, 6.07) is 0. The molecule has 1 aliphatic heterocycles. The molecule has 0 aliphatic carbocycles. The zero-order valence-electron chi connectivity index (χ0n) is 5.42. The van der Waals surface area contributed by atoms with Crippen molar-refractivity contribution in [2.75, 3.05) is 6.61 Å². The third-order valence-corrected chi connectivity index (χ3v) is 1.38. The predicted molar refractivity (Wildman–Crippen MR) is 36.9 cm³/mol. The molecule has 0 amide bonds. The molecule has 1 aliphatic rings. The van der Waals surface area contributed by atoms with Crippen molar-refractivity contribution in [2.45, 2.75) is 25.9 Å². The molecule has 3 heteroatoms. The Morgan fingerprint density at radius 2 is 2.33 bits per heavy atom. The molecule has 1 fully saturated rings. The van der Waals surface area contributed by atoms with Gasteiger partial charge in [0.05, 0.1) is 0 Å². The van der Waals surface area contributed by atoms with E-state index in [4.69, 9.17) is 4.74 Å². The van der Waals surface area contributed by atoms with E-state index in [9.17, 15) is 4.79 Å². The van der Waals surface area contributed by atoms with Crippen LogP contribution in [-0.2, 0) is 9.53 Å². The van der Waals surface area contributed by atoms with E-state index >= 15 is 0 Å². The van der Waals surface area contributed by atoms with Crippen molar-refractivity contribution in [1.29, 1.82) is 0 Å². The Balaban J connectivity index is 0.000000640. The summed E-state index contributed by atoms with van der Waals surface area (Å²) in [4.78, 5) is 10.5. The zero-order chi connectivity index (χ0) is 5.98. The molecule has 0 saturated carbocycles. The highest BCUT2D eigenvalue weighted by Gasteiger charge is 2.18. The Hall–Kier alpha value is -0.0800. The average Bonchev–Trinajstić information content (AvgIpc) is 2.12. The van der Waals surface area contributed by atoms with Gasteiger partial charge < -0.3 is 4.74 Å². The zero-order valence-corrected chi connectivity index (χ0v) is 6.24. The molecule has 0 aromatic rings. The topological polar surface area (TPSA) is 26.3 Å². The van der Waals surface area contributed by atoms with E-state index in [0.717, 1.165) is 19.4 Å². The minimum absolute atomic E-state index is 0. The maximum absolute atomic E-state index is 10.5. The lowest BCUT2D eigenvalue weighted by molar-refractivity contribution is -0.125. The van der Waals surface area contributed by atoms with Crippen LogP contribution in [0.15, 0.2) is 0 Å². The number of halogens is 1. The molecule has 1 rings (SSSR count). The Labute approximate surface area is 61.0 Å². The summed E-state index contributed by atoms with van der Waals surface area (Å²) < 4.78 is 5.06. The maximum atomic E-state index is 10.5. The van der Waals surface area contributed by atoms with Crippen LogP contribution in [-0.4, -0.2) is 18.5 Å². The highest BCUT2D eigenvalue weighted by atomic mass is 35.5. The van der Waals surface area contributed by atoms with Crippen molar-refractivity contribution in [3.8, 4) is 0 Å². The Bertz CT molecular complexity index is 97.2. The standard InChI is InChI=1S/C6H10O2.ClH/c1-5(7)6-3-2-4-8-6;/h6H,2-4H2,1H3;1H. The Kier molecular flexibility index (Phi) is 3.82. The first kappa shape index (κ1) is 8.92. The molecule has 1 atom stereocenters. The van der Waals surface area contributed by atoms with E-state index in [1.54, 1.807) is 6.92 Å². The van der Waals surface area contributed by atoms with E-state index in [-0.39, 0.29) is 24.3 Å². The first-order valence-corrected chi connectivity index (χ1v) is 2.93. The van der Waals surface area contributed by atoms with E-state index < -0.39 is 0 Å². The molecule has 0 bridgehead atoms. The van der Waals surface area contributed by atoms with Crippen LogP contribution in [0.25, 0.3) is 0 Å². The van der Waals surface area contributed by atoms with Gasteiger partial charge in [0.15, 0.2) is 5.78 Å². The van der Waals surface area contributed by atoms with Crippen molar-refractivity contribution in [1.82, 2.24) is 0 Å². The van der Waals surface area contributed by atoms with Crippen LogP contribution in [0, 0.1) is 0 Å². The molecule has 1 saturated heterocycles. The lowest BCUT2D eigenvalue weighted by atomic mass is 10.2. The summed E-state index contributed by atoms with van der Waals surface area (Å²) in [5, 5.41) is 0. The normalized spacial score (nSPS) is 25.2. The van der Waals surface area contributed by atoms with Crippen molar-refractivity contribution in [3.63, 3.8) is 0 Å². The van der Waals surface area contributed by atoms with Crippen LogP contribution in [0.5, 0.6) is 0 Å². The first-order chi connectivity index (χ1) is 3.80. The largest absolute Gasteiger partial charge is 0.370 e. The van der Waals surface area contributed by atoms with E-state index in [0.29, 0.717) is 0 Å². The van der Waals surface area contributed by atoms with Crippen LogP contribution in [0.2, 0.25) is 0 Å². The van der Waals surface area contributed by atoms with Gasteiger partial charge in [0.2, 0.25) is 0 Å². The van der Waals surface area contributed by atoms with Gasteiger partial charge in [-0.15, -0.1) is 12.4 Å². The van der Waals surface area contributed by atoms with Gasteiger partial charge in [-0.2, -0.15) is 0 Å². The number of hydrogen-bond acceptors (Lipinski definition) is 2. The van der Waals surface area contributed by atoms with Gasteiger partial charge >= 0.3 is 0 Å². The summed E-state index contributed by atoms with van der Waals surface area (Å²) in [7, 11) is 0. The summed E-state index contributed by atoms with van der Waals surface area (Å²) >= 11 is 0. The number of carbonyl (C=O) groups excluding carboxylic acids is 1. The van der Waals surface area contributed by atoms with Crippen molar-refractivity contribution in [3.05, 3.63) is 0 Å². The molecule has 0 aromatic heterocycles. The molecule has 1 unspecified atom stereocenters. The predicted octanol–water partition coefficient (Wildman–Crippen LogP) is 1.18. The van der Waals surface area contributed by atoms with Gasteiger partial charge in [0.25, 0.3) is 0 Å². The molecule has 0 radical (unpaired) electrons. The maximum Gasteiger partial charge on any atom is 0.158 e. The highest BCUT2D eigenvalue weighted by molar-refractivity contribution is 5.85. The third kappa shape index (κ3) is 2.33. The molecular weight excluding hydrogens is 140 g/mol. The van der Waals surface area contributed by atoms with Gasteiger partial charge in [-0.25, -0.2) is 0 Å². The smallest absolute Gasteiger partial charge is 0.158 e. The van der Waals surface area contributed by atoms with Gasteiger partial charge in [-0.05, 0) is 19.8 Å². The summed E-state index contributed by atoms with van der Waals surface area (Å²) in [5.74, 6) is 0.169. The fourth-order valence-corrected chi connectivity index (χ4v) is 0.898. The Morgan fingerprint density at radius 1 is 1.67 bits per heavy atom. The second kappa shape index (κ2) is 3.85. The molecule has 0 spiro atoms. The molecule has 1 heterocycles. The van der Waals surface area contributed by atoms with Gasteiger partial charge in [-0.3, -0.25) is 4.79 Å². The molecule has 0 aromatic carbocycles. The summed E-state index contributed by atoms with van der Waals surface area (Å²) in [6.45, 7) is 2.35. The molecule has 0 N–H and O–H groups in total. The number of ketones is 1. The van der Waals surface area contributed by atoms with E-state index in [1.807, 2.05) is 0 Å². The van der Waals surface area contributed by atoms with Crippen LogP contribution >= 0.6 is 12.4 Å². The summed E-state index contributed by atoms with van der Waals surface area (Å²) in [5.41, 5.74) is 0.